The fourth-order valence-electron chi connectivity index (χ4n) is 2.42. The summed E-state index contributed by atoms with van der Waals surface area (Å²) < 4.78 is 0. The van der Waals surface area contributed by atoms with Crippen molar-refractivity contribution >= 4 is 11.7 Å². The predicted octanol–water partition coefficient (Wildman–Crippen LogP) is 2.10. The number of hydrogen-bond acceptors (Lipinski definition) is 2. The van der Waals surface area contributed by atoms with E-state index in [2.05, 4.69) is 31.3 Å². The largest absolute Gasteiger partial charge is 0.324 e. The third kappa shape index (κ3) is 3.07. The zero-order valence-electron chi connectivity index (χ0n) is 12.0. The van der Waals surface area contributed by atoms with Crippen LogP contribution in [0.2, 0.25) is 0 Å². The van der Waals surface area contributed by atoms with Crippen LogP contribution in [0.1, 0.15) is 19.4 Å². The number of carbonyl (C=O) groups excluding carboxylic acids is 1. The van der Waals surface area contributed by atoms with Crippen molar-refractivity contribution in [1.29, 1.82) is 0 Å². The molecule has 0 unspecified atom stereocenters. The normalized spacial score (nSPS) is 15.7. The Morgan fingerprint density at radius 3 is 2.74 bits per heavy atom. The lowest BCUT2D eigenvalue weighted by atomic mass is 10.1. The van der Waals surface area contributed by atoms with E-state index in [4.69, 9.17) is 0 Å². The Kier molecular flexibility index (Phi) is 4.43. The van der Waals surface area contributed by atoms with Crippen molar-refractivity contribution in [2.75, 3.05) is 31.6 Å². The van der Waals surface area contributed by atoms with Gasteiger partial charge in [-0.1, -0.05) is 12.1 Å². The van der Waals surface area contributed by atoms with E-state index in [1.165, 1.54) is 5.56 Å². The highest BCUT2D eigenvalue weighted by atomic mass is 16.2. The molecule has 0 atom stereocenters. The Hall–Kier alpha value is -1.55. The number of anilines is 1. The molecule has 1 aromatic carbocycles. The minimum absolute atomic E-state index is 0.126. The third-order valence-corrected chi connectivity index (χ3v) is 3.55. The number of amides is 2. The summed E-state index contributed by atoms with van der Waals surface area (Å²) in [5.41, 5.74) is 2.28. The first-order valence-corrected chi connectivity index (χ1v) is 6.95. The lowest BCUT2D eigenvalue weighted by molar-refractivity contribution is 0.209. The first kappa shape index (κ1) is 13.9. The molecule has 0 aromatic heterocycles. The van der Waals surface area contributed by atoms with Gasteiger partial charge in [-0.15, -0.1) is 0 Å². The van der Waals surface area contributed by atoms with Gasteiger partial charge in [0, 0.05) is 24.8 Å². The van der Waals surface area contributed by atoms with Crippen molar-refractivity contribution < 1.29 is 4.79 Å². The van der Waals surface area contributed by atoms with Crippen molar-refractivity contribution in [3.05, 3.63) is 29.8 Å². The van der Waals surface area contributed by atoms with Gasteiger partial charge in [0.15, 0.2) is 0 Å². The number of rotatable bonds is 5. The average Bonchev–Trinajstić information content (AvgIpc) is 2.78. The highest BCUT2D eigenvalue weighted by Crippen LogP contribution is 2.22. The van der Waals surface area contributed by atoms with Crippen LogP contribution in [0.5, 0.6) is 0 Å². The quantitative estimate of drug-likeness (QED) is 0.881. The van der Waals surface area contributed by atoms with Gasteiger partial charge >= 0.3 is 6.03 Å². The van der Waals surface area contributed by atoms with Crippen LogP contribution in [-0.2, 0) is 6.42 Å². The molecule has 0 aliphatic carbocycles. The summed E-state index contributed by atoms with van der Waals surface area (Å²) in [6, 6.07) is 8.68. The number of benzene rings is 1. The number of hydrogen-bond donors (Lipinski definition) is 1. The molecule has 1 fully saturated rings. The Labute approximate surface area is 115 Å². The lowest BCUT2D eigenvalue weighted by Crippen LogP contribution is -2.36. The summed E-state index contributed by atoms with van der Waals surface area (Å²) >= 11 is 0. The summed E-state index contributed by atoms with van der Waals surface area (Å²) in [4.78, 5) is 16.1. The van der Waals surface area contributed by atoms with Gasteiger partial charge < -0.3 is 10.2 Å². The van der Waals surface area contributed by atoms with Crippen molar-refractivity contribution in [1.82, 2.24) is 10.2 Å². The molecular formula is C15H23N3O. The number of nitrogens with zero attached hydrogens (tertiary/aromatic N) is 2. The van der Waals surface area contributed by atoms with E-state index in [1.54, 1.807) is 0 Å². The van der Waals surface area contributed by atoms with Gasteiger partial charge in [0.25, 0.3) is 0 Å². The molecule has 1 aliphatic heterocycles. The zero-order valence-corrected chi connectivity index (χ0v) is 12.0. The molecule has 0 spiro atoms. The van der Waals surface area contributed by atoms with Crippen LogP contribution < -0.4 is 10.2 Å². The first-order valence-electron chi connectivity index (χ1n) is 6.95. The van der Waals surface area contributed by atoms with Crippen LogP contribution in [-0.4, -0.2) is 43.7 Å². The van der Waals surface area contributed by atoms with Crippen LogP contribution in [0.3, 0.4) is 0 Å². The minimum atomic E-state index is 0.126. The Bertz CT molecular complexity index is 445. The SMILES string of the molecule is CNCCc1cccc(N2CCN(C(C)C)C2=O)c1. The standard InChI is InChI=1S/C15H23N3O/c1-12(2)17-9-10-18(15(17)19)14-6-4-5-13(11-14)7-8-16-3/h4-6,11-12,16H,7-10H2,1-3H3. The van der Waals surface area contributed by atoms with E-state index >= 15 is 0 Å². The second kappa shape index (κ2) is 6.06. The molecule has 1 aliphatic rings. The van der Waals surface area contributed by atoms with Crippen LogP contribution >= 0.6 is 0 Å². The number of carbonyl (C=O) groups is 1. The number of nitrogens with one attached hydrogen (secondary N) is 1. The van der Waals surface area contributed by atoms with E-state index in [1.807, 2.05) is 29.0 Å². The molecule has 2 rings (SSSR count). The molecule has 1 saturated heterocycles. The summed E-state index contributed by atoms with van der Waals surface area (Å²) in [5.74, 6) is 0. The lowest BCUT2D eigenvalue weighted by Gasteiger charge is -2.22. The fraction of sp³-hybridized carbons (Fsp3) is 0.533. The molecule has 0 bridgehead atoms. The van der Waals surface area contributed by atoms with E-state index in [-0.39, 0.29) is 12.1 Å². The maximum absolute atomic E-state index is 12.3. The topological polar surface area (TPSA) is 35.6 Å². The van der Waals surface area contributed by atoms with Crippen LogP contribution in [0.15, 0.2) is 24.3 Å². The highest BCUT2D eigenvalue weighted by molar-refractivity contribution is 5.94. The summed E-state index contributed by atoms with van der Waals surface area (Å²) in [7, 11) is 1.95. The van der Waals surface area contributed by atoms with Crippen molar-refractivity contribution in [2.24, 2.45) is 0 Å². The molecule has 1 heterocycles. The highest BCUT2D eigenvalue weighted by Gasteiger charge is 2.30. The number of likely N-dealkylation sites (N-methyl/N-ethyl adjacent to an activating group) is 1. The van der Waals surface area contributed by atoms with Gasteiger partial charge in [0.05, 0.1) is 0 Å². The monoisotopic (exact) mass is 261 g/mol. The van der Waals surface area contributed by atoms with Gasteiger partial charge in [0.1, 0.15) is 0 Å². The van der Waals surface area contributed by atoms with Gasteiger partial charge in [-0.2, -0.15) is 0 Å². The smallest absolute Gasteiger partial charge is 0.320 e. The summed E-state index contributed by atoms with van der Waals surface area (Å²) in [6.07, 6.45) is 0.986. The molecule has 0 saturated carbocycles. The molecule has 19 heavy (non-hydrogen) atoms. The molecule has 4 heteroatoms. The molecular weight excluding hydrogens is 238 g/mol. The maximum Gasteiger partial charge on any atom is 0.324 e. The molecule has 1 N–H and O–H groups in total. The summed E-state index contributed by atoms with van der Waals surface area (Å²) in [5, 5.41) is 3.15. The fourth-order valence-corrected chi connectivity index (χ4v) is 2.42. The third-order valence-electron chi connectivity index (χ3n) is 3.55. The Morgan fingerprint density at radius 1 is 1.32 bits per heavy atom. The summed E-state index contributed by atoms with van der Waals surface area (Å²) in [6.45, 7) is 6.68. The van der Waals surface area contributed by atoms with Crippen molar-refractivity contribution in [2.45, 2.75) is 26.3 Å². The van der Waals surface area contributed by atoms with E-state index in [0.29, 0.717) is 0 Å². The van der Waals surface area contributed by atoms with Crippen LogP contribution in [0, 0.1) is 0 Å². The van der Waals surface area contributed by atoms with Crippen LogP contribution in [0.25, 0.3) is 0 Å². The number of urea groups is 1. The molecule has 1 aromatic rings. The minimum Gasteiger partial charge on any atom is -0.320 e. The second-order valence-electron chi connectivity index (χ2n) is 5.24. The van der Waals surface area contributed by atoms with Crippen molar-refractivity contribution in [3.63, 3.8) is 0 Å². The second-order valence-corrected chi connectivity index (χ2v) is 5.24. The van der Waals surface area contributed by atoms with Crippen molar-refractivity contribution in [3.8, 4) is 0 Å². The van der Waals surface area contributed by atoms with E-state index < -0.39 is 0 Å². The zero-order chi connectivity index (χ0) is 13.8. The molecule has 4 nitrogen and oxygen atoms in total. The van der Waals surface area contributed by atoms with Gasteiger partial charge in [-0.25, -0.2) is 4.79 Å². The van der Waals surface area contributed by atoms with Gasteiger partial charge in [0.2, 0.25) is 0 Å². The average molecular weight is 261 g/mol. The van der Waals surface area contributed by atoms with E-state index in [9.17, 15) is 4.79 Å². The first-order chi connectivity index (χ1) is 9.13. The Morgan fingerprint density at radius 2 is 2.11 bits per heavy atom. The van der Waals surface area contributed by atoms with Crippen LogP contribution in [0.4, 0.5) is 10.5 Å². The van der Waals surface area contributed by atoms with E-state index in [0.717, 1.165) is 31.7 Å². The predicted molar refractivity (Wildman–Crippen MR) is 78.7 cm³/mol. The van der Waals surface area contributed by atoms with Gasteiger partial charge in [-0.05, 0) is 51.6 Å². The Balaban J connectivity index is 2.12. The van der Waals surface area contributed by atoms with Gasteiger partial charge in [-0.3, -0.25) is 4.90 Å². The molecule has 0 radical (unpaired) electrons. The maximum atomic E-state index is 12.3. The molecule has 2 amide bonds. The molecule has 104 valence electrons.